The van der Waals surface area contributed by atoms with E-state index >= 15 is 0 Å². The van der Waals surface area contributed by atoms with Gasteiger partial charge in [-0.25, -0.2) is 9.48 Å². The molecule has 29 heavy (non-hydrogen) atoms. The average molecular weight is 389 g/mol. The molecule has 148 valence electrons. The number of carbonyl (C=O) groups is 1. The Balaban J connectivity index is 1.22. The van der Waals surface area contributed by atoms with Crippen molar-refractivity contribution in [2.45, 2.75) is 26.5 Å². The summed E-state index contributed by atoms with van der Waals surface area (Å²) in [6, 6.07) is 16.3. The second-order valence-corrected chi connectivity index (χ2v) is 7.01. The maximum absolute atomic E-state index is 11.9. The fourth-order valence-corrected chi connectivity index (χ4v) is 3.31. The Hall–Kier alpha value is -3.61. The minimum absolute atomic E-state index is 0.0900. The fraction of sp³-hybridized carbons (Fsp3) is 0.227. The number of ether oxygens (including phenoxy) is 1. The van der Waals surface area contributed by atoms with Crippen LogP contribution in [0.3, 0.4) is 0 Å². The number of nitrogens with one attached hydrogen (secondary N) is 2. The molecule has 7 nitrogen and oxygen atoms in total. The predicted octanol–water partition coefficient (Wildman–Crippen LogP) is 3.59. The van der Waals surface area contributed by atoms with E-state index in [1.165, 1.54) is 16.5 Å². The number of aromatic nitrogens is 4. The molecule has 0 fully saturated rings. The van der Waals surface area contributed by atoms with Crippen LogP contribution in [0.4, 0.5) is 4.79 Å². The second-order valence-electron chi connectivity index (χ2n) is 7.01. The molecule has 0 atom stereocenters. The third-order valence-electron chi connectivity index (χ3n) is 4.70. The summed E-state index contributed by atoms with van der Waals surface area (Å²) in [5.41, 5.74) is 5.23. The van der Waals surface area contributed by atoms with Crippen LogP contribution in [-0.4, -0.2) is 32.6 Å². The lowest BCUT2D eigenvalue weighted by atomic mass is 10.1. The van der Waals surface area contributed by atoms with Crippen molar-refractivity contribution in [2.24, 2.45) is 0 Å². The zero-order valence-corrected chi connectivity index (χ0v) is 16.3. The van der Waals surface area contributed by atoms with Crippen molar-refractivity contribution in [3.05, 3.63) is 83.3 Å². The molecule has 2 heterocycles. The molecule has 0 radical (unpaired) electrons. The van der Waals surface area contributed by atoms with Gasteiger partial charge in [0, 0.05) is 23.6 Å². The van der Waals surface area contributed by atoms with E-state index in [4.69, 9.17) is 4.74 Å². The zero-order valence-electron chi connectivity index (χ0n) is 16.3. The first kappa shape index (κ1) is 18.7. The molecule has 0 aliphatic carbocycles. The average Bonchev–Trinajstić information content (AvgIpc) is 3.34. The SMILES string of the molecule is Cc1cccc(Cn2cc(COC(=O)NCCc3c[nH]c4ccccc34)nn2)c1. The number of hydrogen-bond donors (Lipinski definition) is 2. The van der Waals surface area contributed by atoms with Crippen LogP contribution >= 0.6 is 0 Å². The lowest BCUT2D eigenvalue weighted by molar-refractivity contribution is 0.138. The summed E-state index contributed by atoms with van der Waals surface area (Å²) in [6.07, 6.45) is 4.04. The summed E-state index contributed by atoms with van der Waals surface area (Å²) in [5.74, 6) is 0. The Labute approximate surface area is 168 Å². The molecule has 7 heteroatoms. The van der Waals surface area contributed by atoms with Gasteiger partial charge in [0.25, 0.3) is 0 Å². The van der Waals surface area contributed by atoms with E-state index in [2.05, 4.69) is 45.7 Å². The molecule has 0 aliphatic rings. The highest BCUT2D eigenvalue weighted by Gasteiger charge is 2.08. The molecule has 2 aromatic carbocycles. The molecule has 0 bridgehead atoms. The van der Waals surface area contributed by atoms with Crippen molar-refractivity contribution in [2.75, 3.05) is 6.54 Å². The standard InChI is InChI=1S/C22H23N5O2/c1-16-5-4-6-17(11-16)13-27-14-19(25-26-27)15-29-22(28)23-10-9-18-12-24-21-8-3-2-7-20(18)21/h2-8,11-12,14,24H,9-10,13,15H2,1H3,(H,23,28). The highest BCUT2D eigenvalue weighted by atomic mass is 16.5. The lowest BCUT2D eigenvalue weighted by Crippen LogP contribution is -2.26. The number of H-pyrrole nitrogens is 1. The van der Waals surface area contributed by atoms with Gasteiger partial charge in [0.2, 0.25) is 0 Å². The van der Waals surface area contributed by atoms with E-state index in [0.29, 0.717) is 18.8 Å². The van der Waals surface area contributed by atoms with Crippen LogP contribution in [0, 0.1) is 6.92 Å². The maximum Gasteiger partial charge on any atom is 0.407 e. The van der Waals surface area contributed by atoms with Crippen molar-refractivity contribution < 1.29 is 9.53 Å². The molecule has 0 saturated heterocycles. The van der Waals surface area contributed by atoms with Crippen molar-refractivity contribution >= 4 is 17.0 Å². The third-order valence-corrected chi connectivity index (χ3v) is 4.70. The largest absolute Gasteiger partial charge is 0.443 e. The number of hydrogen-bond acceptors (Lipinski definition) is 4. The minimum atomic E-state index is -0.460. The molecule has 0 saturated carbocycles. The normalized spacial score (nSPS) is 10.9. The molecule has 4 rings (SSSR count). The van der Waals surface area contributed by atoms with E-state index in [-0.39, 0.29) is 6.61 Å². The number of aryl methyl sites for hydroxylation is 1. The number of amides is 1. The molecule has 2 aromatic heterocycles. The first-order chi connectivity index (χ1) is 14.2. The number of carbonyl (C=O) groups excluding carboxylic acids is 1. The number of nitrogens with zero attached hydrogens (tertiary/aromatic N) is 3. The Morgan fingerprint density at radius 1 is 1.21 bits per heavy atom. The van der Waals surface area contributed by atoms with E-state index in [1.54, 1.807) is 10.9 Å². The van der Waals surface area contributed by atoms with Crippen LogP contribution in [-0.2, 0) is 24.3 Å². The van der Waals surface area contributed by atoms with Crippen molar-refractivity contribution in [1.82, 2.24) is 25.3 Å². The van der Waals surface area contributed by atoms with E-state index in [0.717, 1.165) is 17.5 Å². The van der Waals surface area contributed by atoms with Crippen LogP contribution in [0.25, 0.3) is 10.9 Å². The van der Waals surface area contributed by atoms with Crippen molar-refractivity contribution in [3.63, 3.8) is 0 Å². The summed E-state index contributed by atoms with van der Waals surface area (Å²) in [6.45, 7) is 3.28. The van der Waals surface area contributed by atoms with Gasteiger partial charge in [-0.3, -0.25) is 0 Å². The number of benzene rings is 2. The maximum atomic E-state index is 11.9. The Bertz CT molecular complexity index is 1120. The van der Waals surface area contributed by atoms with Gasteiger partial charge >= 0.3 is 6.09 Å². The van der Waals surface area contributed by atoms with Crippen LogP contribution in [0.2, 0.25) is 0 Å². The fourth-order valence-electron chi connectivity index (χ4n) is 3.31. The van der Waals surface area contributed by atoms with Crippen LogP contribution < -0.4 is 5.32 Å². The van der Waals surface area contributed by atoms with Crippen LogP contribution in [0.15, 0.2) is 60.9 Å². The molecule has 2 N–H and O–H groups in total. The van der Waals surface area contributed by atoms with Gasteiger partial charge < -0.3 is 15.0 Å². The monoisotopic (exact) mass is 389 g/mol. The first-order valence-electron chi connectivity index (χ1n) is 9.57. The quantitative estimate of drug-likeness (QED) is 0.506. The molecule has 4 aromatic rings. The molecule has 1 amide bonds. The highest BCUT2D eigenvalue weighted by molar-refractivity contribution is 5.83. The molecule has 0 unspecified atom stereocenters. The van der Waals surface area contributed by atoms with Gasteiger partial charge in [-0.2, -0.15) is 0 Å². The van der Waals surface area contributed by atoms with Crippen molar-refractivity contribution in [3.8, 4) is 0 Å². The van der Waals surface area contributed by atoms with Gasteiger partial charge in [0.1, 0.15) is 12.3 Å². The number of para-hydroxylation sites is 1. The van der Waals surface area contributed by atoms with E-state index < -0.39 is 6.09 Å². The molecular formula is C22H23N5O2. The number of alkyl carbamates (subject to hydrolysis) is 1. The molecular weight excluding hydrogens is 366 g/mol. The molecule has 0 spiro atoms. The van der Waals surface area contributed by atoms with Gasteiger partial charge in [-0.15, -0.1) is 5.10 Å². The van der Waals surface area contributed by atoms with Gasteiger partial charge in [-0.05, 0) is 30.5 Å². The summed E-state index contributed by atoms with van der Waals surface area (Å²) in [5, 5.41) is 12.1. The summed E-state index contributed by atoms with van der Waals surface area (Å²) in [7, 11) is 0. The first-order valence-corrected chi connectivity index (χ1v) is 9.57. The number of fused-ring (bicyclic) bond motifs is 1. The lowest BCUT2D eigenvalue weighted by Gasteiger charge is -2.05. The van der Waals surface area contributed by atoms with E-state index in [9.17, 15) is 4.79 Å². The summed E-state index contributed by atoms with van der Waals surface area (Å²) < 4.78 is 6.98. The predicted molar refractivity (Wildman–Crippen MR) is 110 cm³/mol. The minimum Gasteiger partial charge on any atom is -0.443 e. The number of rotatable bonds is 7. The van der Waals surface area contributed by atoms with Crippen LogP contribution in [0.1, 0.15) is 22.4 Å². The Morgan fingerprint density at radius 3 is 3.00 bits per heavy atom. The highest BCUT2D eigenvalue weighted by Crippen LogP contribution is 2.17. The van der Waals surface area contributed by atoms with Gasteiger partial charge in [0.15, 0.2) is 0 Å². The summed E-state index contributed by atoms with van der Waals surface area (Å²) in [4.78, 5) is 15.2. The second kappa shape index (κ2) is 8.60. The van der Waals surface area contributed by atoms with Gasteiger partial charge in [-0.1, -0.05) is 53.2 Å². The summed E-state index contributed by atoms with van der Waals surface area (Å²) >= 11 is 0. The topological polar surface area (TPSA) is 84.8 Å². The van der Waals surface area contributed by atoms with Crippen molar-refractivity contribution in [1.29, 1.82) is 0 Å². The van der Waals surface area contributed by atoms with Crippen LogP contribution in [0.5, 0.6) is 0 Å². The number of aromatic amines is 1. The third kappa shape index (κ3) is 4.82. The van der Waals surface area contributed by atoms with E-state index in [1.807, 2.05) is 36.5 Å². The van der Waals surface area contributed by atoms with Gasteiger partial charge in [0.05, 0.1) is 12.7 Å². The Kier molecular flexibility index (Phi) is 5.56. The smallest absolute Gasteiger partial charge is 0.407 e. The zero-order chi connectivity index (χ0) is 20.1. The Morgan fingerprint density at radius 2 is 2.10 bits per heavy atom. The molecule has 0 aliphatic heterocycles.